The van der Waals surface area contributed by atoms with Gasteiger partial charge in [-0.15, -0.1) is 0 Å². The van der Waals surface area contributed by atoms with Gasteiger partial charge >= 0.3 is 0 Å². The fraction of sp³-hybridized carbons (Fsp3) is 0.517. The maximum atomic E-state index is 5.52. The average Bonchev–Trinajstić information content (AvgIpc) is 2.74. The molecule has 2 aromatic carbocycles. The lowest BCUT2D eigenvalue weighted by atomic mass is 9.91. The first-order chi connectivity index (χ1) is 14.9. The molecule has 2 nitrogen and oxygen atoms in total. The van der Waals surface area contributed by atoms with Crippen LogP contribution in [0.3, 0.4) is 0 Å². The number of benzene rings is 2. The highest BCUT2D eigenvalue weighted by Gasteiger charge is 2.22. The molecule has 0 aromatic heterocycles. The molecule has 0 spiro atoms. The fourth-order valence-electron chi connectivity index (χ4n) is 4.15. The van der Waals surface area contributed by atoms with Gasteiger partial charge in [-0.3, -0.25) is 0 Å². The molecule has 2 heteroatoms. The maximum absolute atomic E-state index is 5.52. The van der Waals surface area contributed by atoms with Crippen molar-refractivity contribution in [3.8, 4) is 5.75 Å². The SMILES string of the molecule is CCCCCCCCCc1ccccc1.CCOc1ccc2c(c1)C(C)=CC(C)(C)N2. The van der Waals surface area contributed by atoms with E-state index in [0.29, 0.717) is 6.61 Å². The van der Waals surface area contributed by atoms with E-state index in [1.807, 2.05) is 13.0 Å². The highest BCUT2D eigenvalue weighted by atomic mass is 16.5. The largest absolute Gasteiger partial charge is 0.494 e. The summed E-state index contributed by atoms with van der Waals surface area (Å²) in [5, 5.41) is 3.50. The topological polar surface area (TPSA) is 21.3 Å². The van der Waals surface area contributed by atoms with Crippen molar-refractivity contribution in [2.24, 2.45) is 0 Å². The second kappa shape index (κ2) is 13.2. The van der Waals surface area contributed by atoms with Gasteiger partial charge in [0.2, 0.25) is 0 Å². The molecule has 170 valence electrons. The molecule has 1 N–H and O–H groups in total. The van der Waals surface area contributed by atoms with E-state index in [4.69, 9.17) is 4.74 Å². The van der Waals surface area contributed by atoms with Crippen molar-refractivity contribution in [1.29, 1.82) is 0 Å². The van der Waals surface area contributed by atoms with Crippen LogP contribution >= 0.6 is 0 Å². The fourth-order valence-corrected chi connectivity index (χ4v) is 4.15. The molecule has 0 saturated carbocycles. The lowest BCUT2D eigenvalue weighted by Crippen LogP contribution is -2.31. The number of nitrogens with one attached hydrogen (secondary N) is 1. The molecular formula is C29H43NO. The molecule has 0 bridgehead atoms. The zero-order valence-corrected chi connectivity index (χ0v) is 20.5. The van der Waals surface area contributed by atoms with Crippen LogP contribution in [-0.4, -0.2) is 12.1 Å². The van der Waals surface area contributed by atoms with Crippen molar-refractivity contribution in [3.63, 3.8) is 0 Å². The second-order valence-corrected chi connectivity index (χ2v) is 9.17. The summed E-state index contributed by atoms with van der Waals surface area (Å²) in [6, 6.07) is 17.0. The molecule has 1 aliphatic rings. The normalized spacial score (nSPS) is 13.9. The Balaban J connectivity index is 0.000000221. The predicted molar refractivity (Wildman–Crippen MR) is 137 cm³/mol. The minimum Gasteiger partial charge on any atom is -0.494 e. The average molecular weight is 422 g/mol. The summed E-state index contributed by atoms with van der Waals surface area (Å²) in [6.07, 6.45) is 13.3. The van der Waals surface area contributed by atoms with E-state index >= 15 is 0 Å². The molecule has 0 saturated heterocycles. The third-order valence-corrected chi connectivity index (χ3v) is 5.67. The molecule has 1 aliphatic heterocycles. The van der Waals surface area contributed by atoms with Gasteiger partial charge in [-0.2, -0.15) is 0 Å². The van der Waals surface area contributed by atoms with Gasteiger partial charge in [0, 0.05) is 11.3 Å². The van der Waals surface area contributed by atoms with Gasteiger partial charge in [0.05, 0.1) is 12.1 Å². The van der Waals surface area contributed by atoms with Crippen molar-refractivity contribution in [2.45, 2.75) is 91.5 Å². The van der Waals surface area contributed by atoms with E-state index in [2.05, 4.69) is 81.6 Å². The van der Waals surface area contributed by atoms with Gasteiger partial charge < -0.3 is 10.1 Å². The van der Waals surface area contributed by atoms with Crippen molar-refractivity contribution in [2.75, 3.05) is 11.9 Å². The van der Waals surface area contributed by atoms with Crippen LogP contribution in [0.15, 0.2) is 54.6 Å². The number of hydrogen-bond donors (Lipinski definition) is 1. The standard InChI is InChI=1S/C15H24.C14H19NO/c1-2-3-4-5-6-7-9-12-15-13-10-8-11-14-15;1-5-16-11-6-7-13-12(8-11)10(2)9-14(3,4)15-13/h8,10-11,13-14H,2-7,9,12H2,1H3;6-9,15H,5H2,1-4H3. The number of unbranched alkanes of at least 4 members (excludes halogenated alkanes) is 6. The third-order valence-electron chi connectivity index (χ3n) is 5.67. The Labute approximate surface area is 191 Å². The number of rotatable bonds is 10. The second-order valence-electron chi connectivity index (χ2n) is 9.17. The van der Waals surface area contributed by atoms with E-state index in [0.717, 1.165) is 5.75 Å². The monoisotopic (exact) mass is 421 g/mol. The van der Waals surface area contributed by atoms with Crippen molar-refractivity contribution in [1.82, 2.24) is 0 Å². The summed E-state index contributed by atoms with van der Waals surface area (Å²) < 4.78 is 5.52. The summed E-state index contributed by atoms with van der Waals surface area (Å²) >= 11 is 0. The molecule has 0 radical (unpaired) electrons. The lowest BCUT2D eigenvalue weighted by molar-refractivity contribution is 0.340. The van der Waals surface area contributed by atoms with Crippen LogP contribution in [0.25, 0.3) is 5.57 Å². The van der Waals surface area contributed by atoms with Crippen molar-refractivity contribution in [3.05, 3.63) is 65.7 Å². The Bertz CT molecular complexity index is 792. The zero-order chi connectivity index (χ0) is 22.5. The number of hydrogen-bond acceptors (Lipinski definition) is 2. The molecule has 0 amide bonds. The Morgan fingerprint density at radius 2 is 1.52 bits per heavy atom. The van der Waals surface area contributed by atoms with Crippen molar-refractivity contribution < 1.29 is 4.74 Å². The third kappa shape index (κ3) is 9.21. The van der Waals surface area contributed by atoms with Gasteiger partial charge in [0.1, 0.15) is 5.75 Å². The van der Waals surface area contributed by atoms with Crippen LogP contribution < -0.4 is 10.1 Å². The predicted octanol–water partition coefficient (Wildman–Crippen LogP) is 8.67. The first kappa shape index (κ1) is 25.0. The zero-order valence-electron chi connectivity index (χ0n) is 20.5. The van der Waals surface area contributed by atoms with Crippen LogP contribution in [0, 0.1) is 0 Å². The number of ether oxygens (including phenoxy) is 1. The Morgan fingerprint density at radius 3 is 2.19 bits per heavy atom. The van der Waals surface area contributed by atoms with Crippen molar-refractivity contribution >= 4 is 11.3 Å². The van der Waals surface area contributed by atoms with E-state index in [1.165, 1.54) is 73.8 Å². The van der Waals surface area contributed by atoms with Gasteiger partial charge in [-0.1, -0.05) is 81.9 Å². The van der Waals surface area contributed by atoms with Crippen LogP contribution in [0.1, 0.15) is 90.7 Å². The molecule has 0 unspecified atom stereocenters. The van der Waals surface area contributed by atoms with E-state index in [-0.39, 0.29) is 5.54 Å². The van der Waals surface area contributed by atoms with Gasteiger partial charge in [0.15, 0.2) is 0 Å². The van der Waals surface area contributed by atoms with Crippen LogP contribution in [0.4, 0.5) is 5.69 Å². The Hall–Kier alpha value is -2.22. The van der Waals surface area contributed by atoms with Crippen LogP contribution in [0.2, 0.25) is 0 Å². The van der Waals surface area contributed by atoms with Crippen LogP contribution in [-0.2, 0) is 6.42 Å². The maximum Gasteiger partial charge on any atom is 0.120 e. The smallest absolute Gasteiger partial charge is 0.120 e. The number of anilines is 1. The van der Waals surface area contributed by atoms with Gasteiger partial charge in [0.25, 0.3) is 0 Å². The first-order valence-electron chi connectivity index (χ1n) is 12.2. The lowest BCUT2D eigenvalue weighted by Gasteiger charge is -2.31. The minimum atomic E-state index is 0.0320. The minimum absolute atomic E-state index is 0.0320. The van der Waals surface area contributed by atoms with E-state index < -0.39 is 0 Å². The summed E-state index contributed by atoms with van der Waals surface area (Å²) in [7, 11) is 0. The molecule has 0 atom stereocenters. The Morgan fingerprint density at radius 1 is 0.839 bits per heavy atom. The number of allylic oxidation sites excluding steroid dienone is 1. The summed E-state index contributed by atoms with van der Waals surface area (Å²) in [6.45, 7) is 11.5. The summed E-state index contributed by atoms with van der Waals surface area (Å²) in [5.74, 6) is 0.940. The molecule has 1 heterocycles. The number of aryl methyl sites for hydroxylation is 1. The van der Waals surface area contributed by atoms with Crippen LogP contribution in [0.5, 0.6) is 5.75 Å². The number of fused-ring (bicyclic) bond motifs is 1. The quantitative estimate of drug-likeness (QED) is 0.387. The summed E-state index contributed by atoms with van der Waals surface area (Å²) in [4.78, 5) is 0. The van der Waals surface area contributed by atoms with Gasteiger partial charge in [-0.05, 0) is 69.9 Å². The molecule has 31 heavy (non-hydrogen) atoms. The molecule has 3 rings (SSSR count). The summed E-state index contributed by atoms with van der Waals surface area (Å²) in [5.41, 5.74) is 5.26. The molecule has 2 aromatic rings. The molecule has 0 aliphatic carbocycles. The van der Waals surface area contributed by atoms with E-state index in [1.54, 1.807) is 0 Å². The first-order valence-corrected chi connectivity index (χ1v) is 12.2. The molecule has 0 fully saturated rings. The highest BCUT2D eigenvalue weighted by Crippen LogP contribution is 2.35. The van der Waals surface area contributed by atoms with Gasteiger partial charge in [-0.25, -0.2) is 0 Å². The Kier molecular flexibility index (Phi) is 10.7. The highest BCUT2D eigenvalue weighted by molar-refractivity contribution is 5.80. The molecular weight excluding hydrogens is 378 g/mol. The van der Waals surface area contributed by atoms with E-state index in [9.17, 15) is 0 Å².